The molecule has 0 bridgehead atoms. The Labute approximate surface area is 172 Å². The van der Waals surface area contributed by atoms with Crippen LogP contribution in [0.2, 0.25) is 0 Å². The standard InChI is InChI=1S/C20H17F3N4O2S/c21-20(22,23)13-3-1-2-11(6-13)7-14(24)9-25-18-26-10-17(30-18)12-4-5-15-16(8-12)29-19(28)27-15/h1-6,8,10,14H,7,9,24H2,(H,25,26)(H,27,28). The normalized spacial score (nSPS) is 12.9. The molecule has 4 aromatic rings. The van der Waals surface area contributed by atoms with Crippen LogP contribution < -0.4 is 16.8 Å². The van der Waals surface area contributed by atoms with E-state index in [0.717, 1.165) is 22.6 Å². The van der Waals surface area contributed by atoms with Crippen molar-refractivity contribution in [2.24, 2.45) is 5.73 Å². The Kier molecular flexibility index (Phi) is 5.35. The van der Waals surface area contributed by atoms with Gasteiger partial charge in [-0.3, -0.25) is 4.98 Å². The molecule has 2 heterocycles. The van der Waals surface area contributed by atoms with Gasteiger partial charge in [-0.1, -0.05) is 35.6 Å². The summed E-state index contributed by atoms with van der Waals surface area (Å²) in [6.07, 6.45) is -2.38. The Morgan fingerprint density at radius 1 is 1.23 bits per heavy atom. The van der Waals surface area contributed by atoms with Crippen LogP contribution in [0.1, 0.15) is 11.1 Å². The van der Waals surface area contributed by atoms with Gasteiger partial charge in [-0.25, -0.2) is 9.78 Å². The van der Waals surface area contributed by atoms with E-state index in [1.807, 2.05) is 6.07 Å². The van der Waals surface area contributed by atoms with Crippen molar-refractivity contribution in [1.82, 2.24) is 9.97 Å². The second-order valence-electron chi connectivity index (χ2n) is 6.80. The first-order chi connectivity index (χ1) is 14.3. The molecule has 2 aromatic heterocycles. The van der Waals surface area contributed by atoms with Crippen LogP contribution in [0.4, 0.5) is 18.3 Å². The first-order valence-electron chi connectivity index (χ1n) is 9.02. The molecule has 0 spiro atoms. The number of hydrogen-bond acceptors (Lipinski definition) is 6. The molecule has 0 radical (unpaired) electrons. The largest absolute Gasteiger partial charge is 0.417 e. The molecule has 0 amide bonds. The van der Waals surface area contributed by atoms with Gasteiger partial charge in [0.05, 0.1) is 16.0 Å². The number of oxazole rings is 1. The van der Waals surface area contributed by atoms with Crippen LogP contribution in [0.25, 0.3) is 21.5 Å². The molecule has 1 atom stereocenters. The summed E-state index contributed by atoms with van der Waals surface area (Å²) in [6, 6.07) is 10.2. The second-order valence-corrected chi connectivity index (χ2v) is 7.83. The highest BCUT2D eigenvalue weighted by Gasteiger charge is 2.30. The Hall–Kier alpha value is -3.11. The number of alkyl halides is 3. The van der Waals surface area contributed by atoms with Crippen molar-refractivity contribution in [1.29, 1.82) is 0 Å². The minimum Gasteiger partial charge on any atom is -0.408 e. The minimum absolute atomic E-state index is 0.304. The predicted molar refractivity (Wildman–Crippen MR) is 110 cm³/mol. The molecule has 0 aliphatic heterocycles. The van der Waals surface area contributed by atoms with E-state index in [2.05, 4.69) is 15.3 Å². The minimum atomic E-state index is -4.37. The Morgan fingerprint density at radius 2 is 2.07 bits per heavy atom. The highest BCUT2D eigenvalue weighted by Crippen LogP contribution is 2.31. The maximum absolute atomic E-state index is 12.8. The lowest BCUT2D eigenvalue weighted by atomic mass is 10.0. The third-order valence-electron chi connectivity index (χ3n) is 4.48. The SMILES string of the molecule is NC(CNc1ncc(-c2ccc3[nH]c(=O)oc3c2)s1)Cc1cccc(C(F)(F)F)c1. The fraction of sp³-hybridized carbons (Fsp3) is 0.200. The summed E-state index contributed by atoms with van der Waals surface area (Å²) in [5.41, 5.74) is 7.86. The maximum atomic E-state index is 12.8. The lowest BCUT2D eigenvalue weighted by Gasteiger charge is -2.14. The van der Waals surface area contributed by atoms with Crippen LogP contribution in [0.3, 0.4) is 0 Å². The molecule has 4 rings (SSSR count). The molecular formula is C20H17F3N4O2S. The number of H-pyrrole nitrogens is 1. The molecule has 0 fully saturated rings. The van der Waals surface area contributed by atoms with Crippen LogP contribution in [0.5, 0.6) is 0 Å². The molecule has 6 nitrogen and oxygen atoms in total. The van der Waals surface area contributed by atoms with Gasteiger partial charge < -0.3 is 15.5 Å². The van der Waals surface area contributed by atoms with Gasteiger partial charge >= 0.3 is 11.9 Å². The zero-order valence-corrected chi connectivity index (χ0v) is 16.3. The summed E-state index contributed by atoms with van der Waals surface area (Å²) < 4.78 is 43.6. The molecule has 2 aromatic carbocycles. The zero-order valence-electron chi connectivity index (χ0n) is 15.5. The smallest absolute Gasteiger partial charge is 0.408 e. The van der Waals surface area contributed by atoms with Crippen LogP contribution >= 0.6 is 11.3 Å². The zero-order chi connectivity index (χ0) is 21.3. The molecule has 156 valence electrons. The van der Waals surface area contributed by atoms with Crippen molar-refractivity contribution in [3.05, 3.63) is 70.3 Å². The first-order valence-corrected chi connectivity index (χ1v) is 9.84. The average molecular weight is 434 g/mol. The lowest BCUT2D eigenvalue weighted by molar-refractivity contribution is -0.137. The number of benzene rings is 2. The fourth-order valence-electron chi connectivity index (χ4n) is 3.06. The van der Waals surface area contributed by atoms with Crippen molar-refractivity contribution >= 4 is 27.6 Å². The number of aromatic amines is 1. The van der Waals surface area contributed by atoms with Crippen molar-refractivity contribution in [2.75, 3.05) is 11.9 Å². The number of rotatable bonds is 6. The highest BCUT2D eigenvalue weighted by atomic mass is 32.1. The number of nitrogens with zero attached hydrogens (tertiary/aromatic N) is 1. The Morgan fingerprint density at radius 3 is 2.87 bits per heavy atom. The van der Waals surface area contributed by atoms with Crippen LogP contribution in [0, 0.1) is 0 Å². The van der Waals surface area contributed by atoms with Gasteiger partial charge in [0, 0.05) is 18.8 Å². The summed E-state index contributed by atoms with van der Waals surface area (Å²) in [7, 11) is 0. The van der Waals surface area contributed by atoms with Gasteiger partial charge in [-0.15, -0.1) is 0 Å². The van der Waals surface area contributed by atoms with E-state index in [0.29, 0.717) is 34.8 Å². The third-order valence-corrected chi connectivity index (χ3v) is 5.48. The van der Waals surface area contributed by atoms with Crippen molar-refractivity contribution < 1.29 is 17.6 Å². The van der Waals surface area contributed by atoms with Crippen molar-refractivity contribution in [3.8, 4) is 10.4 Å². The molecule has 1 unspecified atom stereocenters. The van der Waals surface area contributed by atoms with Crippen LogP contribution in [-0.4, -0.2) is 22.6 Å². The molecular weight excluding hydrogens is 417 g/mol. The average Bonchev–Trinajstić information content (AvgIpc) is 3.31. The lowest BCUT2D eigenvalue weighted by Crippen LogP contribution is -2.31. The summed E-state index contributed by atoms with van der Waals surface area (Å²) in [4.78, 5) is 19.0. The predicted octanol–water partition coefficient (Wildman–Crippen LogP) is 4.25. The highest BCUT2D eigenvalue weighted by molar-refractivity contribution is 7.18. The second kappa shape index (κ2) is 7.96. The van der Waals surface area contributed by atoms with Crippen molar-refractivity contribution in [3.63, 3.8) is 0 Å². The summed E-state index contributed by atoms with van der Waals surface area (Å²) in [6.45, 7) is 0.356. The van der Waals surface area contributed by atoms with Gasteiger partial charge in [0.25, 0.3) is 0 Å². The van der Waals surface area contributed by atoms with Gasteiger partial charge in [-0.05, 0) is 35.7 Å². The number of anilines is 1. The van der Waals surface area contributed by atoms with E-state index in [4.69, 9.17) is 10.2 Å². The van der Waals surface area contributed by atoms with Crippen molar-refractivity contribution in [2.45, 2.75) is 18.6 Å². The summed E-state index contributed by atoms with van der Waals surface area (Å²) >= 11 is 1.40. The number of thiazole rings is 1. The molecule has 10 heteroatoms. The maximum Gasteiger partial charge on any atom is 0.417 e. The molecule has 0 aliphatic carbocycles. The molecule has 0 saturated heterocycles. The fourth-order valence-corrected chi connectivity index (χ4v) is 3.88. The van der Waals surface area contributed by atoms with E-state index in [1.165, 1.54) is 17.4 Å². The number of nitrogens with two attached hydrogens (primary N) is 1. The van der Waals surface area contributed by atoms with Crippen LogP contribution in [0.15, 0.2) is 57.9 Å². The molecule has 0 aliphatic rings. The molecule has 4 N–H and O–H groups in total. The first kappa shape index (κ1) is 20.2. The number of hydrogen-bond donors (Lipinski definition) is 3. The van der Waals surface area contributed by atoms with E-state index in [9.17, 15) is 18.0 Å². The number of aromatic nitrogens is 2. The number of nitrogens with one attached hydrogen (secondary N) is 2. The summed E-state index contributed by atoms with van der Waals surface area (Å²) in [5.74, 6) is -0.511. The number of halogens is 3. The molecule has 0 saturated carbocycles. The van der Waals surface area contributed by atoms with E-state index >= 15 is 0 Å². The third kappa shape index (κ3) is 4.55. The monoisotopic (exact) mass is 434 g/mol. The van der Waals surface area contributed by atoms with Gasteiger partial charge in [0.15, 0.2) is 10.7 Å². The quantitative estimate of drug-likeness (QED) is 0.422. The Balaban J connectivity index is 1.38. The van der Waals surface area contributed by atoms with E-state index < -0.39 is 17.5 Å². The summed E-state index contributed by atoms with van der Waals surface area (Å²) in [5, 5.41) is 3.76. The van der Waals surface area contributed by atoms with E-state index in [-0.39, 0.29) is 6.04 Å². The Bertz CT molecular complexity index is 1230. The topological polar surface area (TPSA) is 96.9 Å². The van der Waals surface area contributed by atoms with Gasteiger partial charge in [0.1, 0.15) is 0 Å². The molecule has 30 heavy (non-hydrogen) atoms. The van der Waals surface area contributed by atoms with E-state index in [1.54, 1.807) is 24.4 Å². The number of fused-ring (bicyclic) bond motifs is 1. The van der Waals surface area contributed by atoms with Gasteiger partial charge in [-0.2, -0.15) is 13.2 Å². The van der Waals surface area contributed by atoms with Crippen LogP contribution in [-0.2, 0) is 12.6 Å². The van der Waals surface area contributed by atoms with Gasteiger partial charge in [0.2, 0.25) is 0 Å².